The first-order valence-corrected chi connectivity index (χ1v) is 11.1. The highest BCUT2D eigenvalue weighted by molar-refractivity contribution is 8.00. The Kier molecular flexibility index (Phi) is 6.53. The largest absolute Gasteiger partial charge is 0.379 e. The van der Waals surface area contributed by atoms with Crippen LogP contribution in [0.25, 0.3) is 10.2 Å². The summed E-state index contributed by atoms with van der Waals surface area (Å²) < 4.78 is 6.46. The minimum Gasteiger partial charge on any atom is -0.379 e. The van der Waals surface area contributed by atoms with Gasteiger partial charge in [0.15, 0.2) is 0 Å². The van der Waals surface area contributed by atoms with Gasteiger partial charge in [0.05, 0.1) is 29.2 Å². The molecule has 0 aliphatic carbocycles. The second kappa shape index (κ2) is 9.47. The number of morpholine rings is 1. The van der Waals surface area contributed by atoms with Gasteiger partial charge in [-0.05, 0) is 22.6 Å². The Morgan fingerprint density at radius 3 is 2.86 bits per heavy atom. The van der Waals surface area contributed by atoms with Crippen LogP contribution in [0.1, 0.15) is 11.1 Å². The molecule has 1 saturated heterocycles. The molecule has 1 fully saturated rings. The van der Waals surface area contributed by atoms with Gasteiger partial charge in [0.1, 0.15) is 11.4 Å². The Morgan fingerprint density at radius 1 is 1.18 bits per heavy atom. The van der Waals surface area contributed by atoms with E-state index in [4.69, 9.17) is 4.74 Å². The summed E-state index contributed by atoms with van der Waals surface area (Å²) in [6, 6.07) is 10.3. The predicted molar refractivity (Wildman–Crippen MR) is 113 cm³/mol. The minimum atomic E-state index is 0.00879. The lowest BCUT2D eigenvalue weighted by atomic mass is 10.1. The number of fused-ring (bicyclic) bond motifs is 1. The third-order valence-electron chi connectivity index (χ3n) is 4.64. The summed E-state index contributed by atoms with van der Waals surface area (Å²) in [6.45, 7) is 4.91. The lowest BCUT2D eigenvalue weighted by Crippen LogP contribution is -2.36. The van der Waals surface area contributed by atoms with Crippen LogP contribution in [0, 0.1) is 0 Å². The SMILES string of the molecule is O=C(CSc1ncnc2ccsc12)NCc1ccccc1CN1CCOCC1. The van der Waals surface area contributed by atoms with Crippen LogP contribution in [0.2, 0.25) is 0 Å². The van der Waals surface area contributed by atoms with E-state index in [0.717, 1.165) is 53.7 Å². The Hall–Kier alpha value is -2.00. The van der Waals surface area contributed by atoms with E-state index in [9.17, 15) is 4.79 Å². The number of carbonyl (C=O) groups is 1. The van der Waals surface area contributed by atoms with E-state index >= 15 is 0 Å². The number of hydrogen-bond donors (Lipinski definition) is 1. The van der Waals surface area contributed by atoms with Crippen molar-refractivity contribution in [2.24, 2.45) is 0 Å². The fourth-order valence-corrected chi connectivity index (χ4v) is 4.91. The summed E-state index contributed by atoms with van der Waals surface area (Å²) in [5.74, 6) is 0.352. The molecule has 0 unspecified atom stereocenters. The molecular weight excluding hydrogens is 392 g/mol. The van der Waals surface area contributed by atoms with Gasteiger partial charge in [0.2, 0.25) is 5.91 Å². The first-order chi connectivity index (χ1) is 13.8. The molecule has 0 radical (unpaired) electrons. The molecule has 1 amide bonds. The smallest absolute Gasteiger partial charge is 0.230 e. The van der Waals surface area contributed by atoms with Crippen molar-refractivity contribution in [2.75, 3.05) is 32.1 Å². The molecule has 146 valence electrons. The molecule has 6 nitrogen and oxygen atoms in total. The zero-order valence-electron chi connectivity index (χ0n) is 15.5. The Balaban J connectivity index is 1.31. The van der Waals surface area contributed by atoms with Gasteiger partial charge in [-0.3, -0.25) is 9.69 Å². The summed E-state index contributed by atoms with van der Waals surface area (Å²) in [5, 5.41) is 5.90. The van der Waals surface area contributed by atoms with Crippen LogP contribution in [0.4, 0.5) is 0 Å². The van der Waals surface area contributed by atoms with Crippen LogP contribution in [-0.2, 0) is 22.6 Å². The van der Waals surface area contributed by atoms with Crippen LogP contribution >= 0.6 is 23.1 Å². The highest BCUT2D eigenvalue weighted by Crippen LogP contribution is 2.28. The number of hydrogen-bond acceptors (Lipinski definition) is 7. The number of amides is 1. The summed E-state index contributed by atoms with van der Waals surface area (Å²) in [6.07, 6.45) is 1.55. The van der Waals surface area contributed by atoms with E-state index in [-0.39, 0.29) is 5.91 Å². The first kappa shape index (κ1) is 19.3. The normalized spacial score (nSPS) is 15.0. The Labute approximate surface area is 172 Å². The number of thioether (sulfide) groups is 1. The predicted octanol–water partition coefficient (Wildman–Crippen LogP) is 2.93. The van der Waals surface area contributed by atoms with Gasteiger partial charge < -0.3 is 10.1 Å². The second-order valence-corrected chi connectivity index (χ2v) is 8.42. The van der Waals surface area contributed by atoms with Crippen LogP contribution in [0.3, 0.4) is 0 Å². The Bertz CT molecular complexity index is 941. The van der Waals surface area contributed by atoms with Gasteiger partial charge in [0.25, 0.3) is 0 Å². The molecule has 3 aromatic rings. The summed E-state index contributed by atoms with van der Waals surface area (Å²) in [4.78, 5) is 23.3. The molecule has 0 bridgehead atoms. The third-order valence-corrected chi connectivity index (χ3v) is 6.67. The highest BCUT2D eigenvalue weighted by Gasteiger charge is 2.13. The lowest BCUT2D eigenvalue weighted by Gasteiger charge is -2.27. The fourth-order valence-electron chi connectivity index (χ4n) is 3.13. The number of aromatic nitrogens is 2. The minimum absolute atomic E-state index is 0.00879. The van der Waals surface area contributed by atoms with Crippen molar-refractivity contribution in [1.29, 1.82) is 0 Å². The van der Waals surface area contributed by atoms with Crippen molar-refractivity contribution >= 4 is 39.2 Å². The first-order valence-electron chi connectivity index (χ1n) is 9.24. The molecule has 1 N–H and O–H groups in total. The summed E-state index contributed by atoms with van der Waals surface area (Å²) in [5.41, 5.74) is 3.35. The van der Waals surface area contributed by atoms with E-state index < -0.39 is 0 Å². The lowest BCUT2D eigenvalue weighted by molar-refractivity contribution is -0.118. The van der Waals surface area contributed by atoms with E-state index in [2.05, 4.69) is 38.4 Å². The molecule has 2 aromatic heterocycles. The van der Waals surface area contributed by atoms with Crippen LogP contribution in [0.5, 0.6) is 0 Å². The van der Waals surface area contributed by atoms with Crippen molar-refractivity contribution in [3.8, 4) is 0 Å². The van der Waals surface area contributed by atoms with Crippen LogP contribution in [0.15, 0.2) is 47.1 Å². The average Bonchev–Trinajstić information content (AvgIpc) is 3.22. The maximum Gasteiger partial charge on any atom is 0.230 e. The number of rotatable bonds is 7. The number of nitrogens with zero attached hydrogens (tertiary/aromatic N) is 3. The summed E-state index contributed by atoms with van der Waals surface area (Å²) in [7, 11) is 0. The van der Waals surface area contributed by atoms with Crippen LogP contribution < -0.4 is 5.32 Å². The highest BCUT2D eigenvalue weighted by atomic mass is 32.2. The van der Waals surface area contributed by atoms with Gasteiger partial charge in [0, 0.05) is 26.2 Å². The standard InChI is InChI=1S/C20H22N4O2S2/c25-18(13-28-20-19-17(5-10-27-19)22-14-23-20)21-11-15-3-1-2-4-16(15)12-24-6-8-26-9-7-24/h1-5,10,14H,6-9,11-13H2,(H,21,25). The van der Waals surface area contributed by atoms with E-state index in [0.29, 0.717) is 12.3 Å². The molecule has 0 saturated carbocycles. The maximum absolute atomic E-state index is 12.4. The van der Waals surface area contributed by atoms with Gasteiger partial charge in [-0.25, -0.2) is 9.97 Å². The molecule has 28 heavy (non-hydrogen) atoms. The van der Waals surface area contributed by atoms with Gasteiger partial charge in [-0.2, -0.15) is 0 Å². The quantitative estimate of drug-likeness (QED) is 0.474. The molecule has 1 aliphatic rings. The fraction of sp³-hybridized carbons (Fsp3) is 0.350. The van der Waals surface area contributed by atoms with Crippen molar-refractivity contribution in [1.82, 2.24) is 20.2 Å². The van der Waals surface area contributed by atoms with Gasteiger partial charge >= 0.3 is 0 Å². The number of carbonyl (C=O) groups excluding carboxylic acids is 1. The topological polar surface area (TPSA) is 67.4 Å². The van der Waals surface area contributed by atoms with Crippen molar-refractivity contribution in [3.05, 3.63) is 53.2 Å². The molecule has 4 rings (SSSR count). The van der Waals surface area contributed by atoms with E-state index in [1.807, 2.05) is 17.5 Å². The molecule has 1 aliphatic heterocycles. The number of thiophene rings is 1. The van der Waals surface area contributed by atoms with Crippen LogP contribution in [-0.4, -0.2) is 52.8 Å². The zero-order valence-corrected chi connectivity index (χ0v) is 17.1. The van der Waals surface area contributed by atoms with Crippen molar-refractivity contribution < 1.29 is 9.53 Å². The Morgan fingerprint density at radius 2 is 2.00 bits per heavy atom. The molecule has 0 atom stereocenters. The third kappa shape index (κ3) is 4.88. The van der Waals surface area contributed by atoms with Crippen molar-refractivity contribution in [2.45, 2.75) is 18.1 Å². The maximum atomic E-state index is 12.4. The molecular formula is C20H22N4O2S2. The molecule has 3 heterocycles. The molecule has 8 heteroatoms. The summed E-state index contributed by atoms with van der Waals surface area (Å²) >= 11 is 3.06. The number of ether oxygens (including phenoxy) is 1. The molecule has 1 aromatic carbocycles. The van der Waals surface area contributed by atoms with Gasteiger partial charge in [-0.1, -0.05) is 36.0 Å². The number of benzene rings is 1. The average molecular weight is 415 g/mol. The van der Waals surface area contributed by atoms with Crippen molar-refractivity contribution in [3.63, 3.8) is 0 Å². The van der Waals surface area contributed by atoms with Gasteiger partial charge in [-0.15, -0.1) is 11.3 Å². The monoisotopic (exact) mass is 414 g/mol. The number of nitrogens with one attached hydrogen (secondary N) is 1. The molecule has 0 spiro atoms. The second-order valence-electron chi connectivity index (χ2n) is 6.54. The zero-order chi connectivity index (χ0) is 19.2. The van der Waals surface area contributed by atoms with E-state index in [1.54, 1.807) is 17.7 Å². The van der Waals surface area contributed by atoms with E-state index in [1.165, 1.54) is 17.3 Å².